The Morgan fingerprint density at radius 3 is 2.38 bits per heavy atom. The number of benzene rings is 2. The van der Waals surface area contributed by atoms with Crippen LogP contribution in [0.2, 0.25) is 0 Å². The van der Waals surface area contributed by atoms with Crippen molar-refractivity contribution >= 4 is 45.9 Å². The highest BCUT2D eigenvalue weighted by atomic mass is 127. The number of hydrogen-bond acceptors (Lipinski definition) is 3. The van der Waals surface area contributed by atoms with E-state index in [1.54, 1.807) is 42.6 Å². The summed E-state index contributed by atoms with van der Waals surface area (Å²) >= 11 is 2.09. The third kappa shape index (κ3) is 4.42. The number of halogens is 2. The minimum absolute atomic E-state index is 0.293. The maximum atomic E-state index is 13.0. The summed E-state index contributed by atoms with van der Waals surface area (Å²) < 4.78 is 13.8. The van der Waals surface area contributed by atoms with Gasteiger partial charge in [-0.2, -0.15) is 0 Å². The average molecular weight is 461 g/mol. The summed E-state index contributed by atoms with van der Waals surface area (Å²) in [5, 5.41) is 5.39. The monoisotopic (exact) mass is 461 g/mol. The fraction of sp³-hybridized carbons (Fsp3) is 0. The standard InChI is InChI=1S/C19H13FIN3O2/c20-13-6-4-12(5-7-13)18(25)23-16-9-8-14(21)11-15(16)19(26)24-17-3-1-2-10-22-17/h1-11H,(H,23,25)(H,22,24,26). The second kappa shape index (κ2) is 8.05. The van der Waals surface area contributed by atoms with E-state index >= 15 is 0 Å². The van der Waals surface area contributed by atoms with Crippen LogP contribution in [0.3, 0.4) is 0 Å². The predicted octanol–water partition coefficient (Wildman–Crippen LogP) is 4.33. The van der Waals surface area contributed by atoms with Gasteiger partial charge in [0.2, 0.25) is 0 Å². The van der Waals surface area contributed by atoms with Gasteiger partial charge in [-0.25, -0.2) is 9.37 Å². The maximum absolute atomic E-state index is 13.0. The lowest BCUT2D eigenvalue weighted by atomic mass is 10.1. The Kier molecular flexibility index (Phi) is 5.57. The first kappa shape index (κ1) is 18.0. The molecule has 0 fully saturated rings. The normalized spacial score (nSPS) is 10.2. The molecule has 5 nitrogen and oxygen atoms in total. The van der Waals surface area contributed by atoms with E-state index in [9.17, 15) is 14.0 Å². The Morgan fingerprint density at radius 2 is 1.69 bits per heavy atom. The Labute approximate surface area is 162 Å². The van der Waals surface area contributed by atoms with Crippen LogP contribution in [0.4, 0.5) is 15.9 Å². The van der Waals surface area contributed by atoms with Gasteiger partial charge in [0, 0.05) is 15.3 Å². The molecule has 1 heterocycles. The molecule has 7 heteroatoms. The van der Waals surface area contributed by atoms with E-state index in [4.69, 9.17) is 0 Å². The number of aromatic nitrogens is 1. The van der Waals surface area contributed by atoms with Gasteiger partial charge in [-0.3, -0.25) is 9.59 Å². The number of carbonyl (C=O) groups excluding carboxylic acids is 2. The third-order valence-corrected chi connectivity index (χ3v) is 4.16. The predicted molar refractivity (Wildman–Crippen MR) is 106 cm³/mol. The highest BCUT2D eigenvalue weighted by molar-refractivity contribution is 14.1. The van der Waals surface area contributed by atoms with Gasteiger partial charge in [0.15, 0.2) is 0 Å². The van der Waals surface area contributed by atoms with E-state index < -0.39 is 17.6 Å². The SMILES string of the molecule is O=C(Nc1ccc(I)cc1C(=O)Nc1ccccn1)c1ccc(F)cc1. The van der Waals surface area contributed by atoms with Crippen molar-refractivity contribution in [2.75, 3.05) is 10.6 Å². The molecule has 0 atom stereocenters. The van der Waals surface area contributed by atoms with Crippen LogP contribution in [0.1, 0.15) is 20.7 Å². The van der Waals surface area contributed by atoms with Gasteiger partial charge >= 0.3 is 0 Å². The van der Waals surface area contributed by atoms with Gasteiger partial charge < -0.3 is 10.6 Å². The molecule has 0 aliphatic rings. The van der Waals surface area contributed by atoms with Crippen LogP contribution in [-0.4, -0.2) is 16.8 Å². The van der Waals surface area contributed by atoms with Gasteiger partial charge in [0.1, 0.15) is 11.6 Å². The highest BCUT2D eigenvalue weighted by Crippen LogP contribution is 2.21. The highest BCUT2D eigenvalue weighted by Gasteiger charge is 2.16. The second-order valence-corrected chi connectivity index (χ2v) is 6.57. The average Bonchev–Trinajstić information content (AvgIpc) is 2.64. The summed E-state index contributed by atoms with van der Waals surface area (Å²) in [5.41, 5.74) is 0.951. The number of hydrogen-bond donors (Lipinski definition) is 2. The van der Waals surface area contributed by atoms with Gasteiger partial charge in [-0.1, -0.05) is 6.07 Å². The van der Waals surface area contributed by atoms with E-state index in [0.29, 0.717) is 22.6 Å². The third-order valence-electron chi connectivity index (χ3n) is 3.49. The lowest BCUT2D eigenvalue weighted by Gasteiger charge is -2.12. The smallest absolute Gasteiger partial charge is 0.258 e. The first-order chi connectivity index (χ1) is 12.5. The Morgan fingerprint density at radius 1 is 0.923 bits per heavy atom. The molecule has 0 saturated heterocycles. The quantitative estimate of drug-likeness (QED) is 0.569. The van der Waals surface area contributed by atoms with Gasteiger partial charge in [-0.05, 0) is 77.2 Å². The van der Waals surface area contributed by atoms with E-state index in [-0.39, 0.29) is 0 Å². The van der Waals surface area contributed by atoms with Crippen molar-refractivity contribution in [3.8, 4) is 0 Å². The van der Waals surface area contributed by atoms with Crippen LogP contribution < -0.4 is 10.6 Å². The molecule has 0 radical (unpaired) electrons. The molecule has 2 N–H and O–H groups in total. The number of carbonyl (C=O) groups is 2. The van der Waals surface area contributed by atoms with Crippen molar-refractivity contribution in [1.29, 1.82) is 0 Å². The summed E-state index contributed by atoms with van der Waals surface area (Å²) in [6.07, 6.45) is 1.57. The van der Waals surface area contributed by atoms with Crippen molar-refractivity contribution < 1.29 is 14.0 Å². The summed E-state index contributed by atoms with van der Waals surface area (Å²) in [4.78, 5) is 29.0. The fourth-order valence-electron chi connectivity index (χ4n) is 2.23. The molecule has 2 amide bonds. The number of nitrogens with one attached hydrogen (secondary N) is 2. The van der Waals surface area contributed by atoms with Crippen molar-refractivity contribution in [2.45, 2.75) is 0 Å². The van der Waals surface area contributed by atoms with E-state index in [1.807, 2.05) is 0 Å². The second-order valence-electron chi connectivity index (χ2n) is 5.32. The number of nitrogens with zero attached hydrogens (tertiary/aromatic N) is 1. The molecule has 0 aliphatic heterocycles. The molecule has 2 aromatic carbocycles. The van der Waals surface area contributed by atoms with E-state index in [2.05, 4.69) is 38.2 Å². The Bertz CT molecular complexity index is 947. The molecule has 130 valence electrons. The van der Waals surface area contributed by atoms with Crippen LogP contribution in [0, 0.1) is 9.39 Å². The zero-order valence-corrected chi connectivity index (χ0v) is 15.5. The molecular weight excluding hydrogens is 448 g/mol. The molecule has 0 saturated carbocycles. The van der Waals surface area contributed by atoms with Gasteiger partial charge in [0.05, 0.1) is 11.3 Å². The summed E-state index contributed by atoms with van der Waals surface area (Å²) in [6, 6.07) is 15.4. The van der Waals surface area contributed by atoms with E-state index in [0.717, 1.165) is 3.57 Å². The molecule has 0 spiro atoms. The number of rotatable bonds is 4. The van der Waals surface area contributed by atoms with Gasteiger partial charge in [0.25, 0.3) is 11.8 Å². The zero-order valence-electron chi connectivity index (χ0n) is 13.4. The Hall–Kier alpha value is -2.81. The minimum atomic E-state index is -0.432. The van der Waals surface area contributed by atoms with Gasteiger partial charge in [-0.15, -0.1) is 0 Å². The molecule has 26 heavy (non-hydrogen) atoms. The summed E-state index contributed by atoms with van der Waals surface area (Å²) in [7, 11) is 0. The van der Waals surface area contributed by atoms with Crippen LogP contribution in [0.15, 0.2) is 66.9 Å². The molecule has 3 rings (SSSR count). The van der Waals surface area contributed by atoms with Crippen LogP contribution in [-0.2, 0) is 0 Å². The largest absolute Gasteiger partial charge is 0.321 e. The first-order valence-corrected chi connectivity index (χ1v) is 8.69. The van der Waals surface area contributed by atoms with Crippen molar-refractivity contribution in [3.05, 3.63) is 87.4 Å². The van der Waals surface area contributed by atoms with Crippen molar-refractivity contribution in [1.82, 2.24) is 4.98 Å². The lowest BCUT2D eigenvalue weighted by Crippen LogP contribution is -2.19. The number of amides is 2. The molecular formula is C19H13FIN3O2. The Balaban J connectivity index is 1.84. The number of pyridine rings is 1. The molecule has 0 aliphatic carbocycles. The molecule has 1 aromatic heterocycles. The van der Waals surface area contributed by atoms with Crippen LogP contribution in [0.25, 0.3) is 0 Å². The minimum Gasteiger partial charge on any atom is -0.321 e. The zero-order chi connectivity index (χ0) is 18.5. The van der Waals surface area contributed by atoms with Crippen LogP contribution >= 0.6 is 22.6 Å². The lowest BCUT2D eigenvalue weighted by molar-refractivity contribution is 0.102. The molecule has 3 aromatic rings. The fourth-order valence-corrected chi connectivity index (χ4v) is 2.72. The summed E-state index contributed by atoms with van der Waals surface area (Å²) in [5.74, 6) is -0.840. The molecule has 0 unspecified atom stereocenters. The van der Waals surface area contributed by atoms with E-state index in [1.165, 1.54) is 24.3 Å². The maximum Gasteiger partial charge on any atom is 0.258 e. The van der Waals surface area contributed by atoms with Crippen molar-refractivity contribution in [2.24, 2.45) is 0 Å². The summed E-state index contributed by atoms with van der Waals surface area (Å²) in [6.45, 7) is 0. The molecule has 0 bridgehead atoms. The first-order valence-electron chi connectivity index (χ1n) is 7.62. The van der Waals surface area contributed by atoms with Crippen molar-refractivity contribution in [3.63, 3.8) is 0 Å². The topological polar surface area (TPSA) is 71.1 Å². The number of anilines is 2. The van der Waals surface area contributed by atoms with Crippen LogP contribution in [0.5, 0.6) is 0 Å².